The number of hydrogen-bond acceptors (Lipinski definition) is 3. The zero-order valence-corrected chi connectivity index (χ0v) is 14.9. The first-order valence-corrected chi connectivity index (χ1v) is 8.54. The third-order valence-corrected chi connectivity index (χ3v) is 4.39. The summed E-state index contributed by atoms with van der Waals surface area (Å²) in [6.45, 7) is 2.34. The van der Waals surface area contributed by atoms with Crippen LogP contribution in [-0.2, 0) is 16.1 Å². The van der Waals surface area contributed by atoms with Crippen LogP contribution in [0.25, 0.3) is 11.0 Å². The second kappa shape index (κ2) is 8.10. The van der Waals surface area contributed by atoms with Gasteiger partial charge in [-0.2, -0.15) is 0 Å². The zero-order chi connectivity index (χ0) is 18.5. The van der Waals surface area contributed by atoms with Crippen LogP contribution in [0.4, 0.5) is 4.39 Å². The van der Waals surface area contributed by atoms with Crippen LogP contribution in [0.15, 0.2) is 54.9 Å². The van der Waals surface area contributed by atoms with Gasteiger partial charge in [-0.05, 0) is 36.8 Å². The maximum atomic E-state index is 13.3. The summed E-state index contributed by atoms with van der Waals surface area (Å²) in [6.07, 6.45) is 1.85. The van der Waals surface area contributed by atoms with E-state index in [-0.39, 0.29) is 30.3 Å². The molecule has 1 aromatic heterocycles. The first-order valence-electron chi connectivity index (χ1n) is 8.54. The van der Waals surface area contributed by atoms with Gasteiger partial charge in [0, 0.05) is 13.7 Å². The van der Waals surface area contributed by atoms with Crippen molar-refractivity contribution < 1.29 is 13.9 Å². The molecule has 3 rings (SSSR count). The lowest BCUT2D eigenvalue weighted by molar-refractivity contribution is -0.124. The highest BCUT2D eigenvalue weighted by Gasteiger charge is 2.18. The molecule has 2 unspecified atom stereocenters. The second-order valence-electron chi connectivity index (χ2n) is 6.31. The Balaban J connectivity index is 1.85. The van der Waals surface area contributed by atoms with Crippen molar-refractivity contribution in [1.82, 2.24) is 14.9 Å². The molecule has 1 heterocycles. The molecular formula is C20H22FN3O2. The predicted octanol–water partition coefficient (Wildman–Crippen LogP) is 3.46. The average molecular weight is 355 g/mol. The van der Waals surface area contributed by atoms with Gasteiger partial charge in [0.15, 0.2) is 0 Å². The quantitative estimate of drug-likeness (QED) is 0.706. The number of hydrogen-bond donors (Lipinski definition) is 1. The molecular weight excluding hydrogens is 333 g/mol. The standard InChI is InChI=1S/C20H22FN3O2/c1-14(26-2)11-20(25)23-18(15-7-9-16(21)10-8-15)12-24-13-22-17-5-3-4-6-19(17)24/h3-10,13-14,18H,11-12H2,1-2H3,(H,23,25). The fraction of sp³-hybridized carbons (Fsp3) is 0.300. The van der Waals surface area contributed by atoms with Crippen LogP contribution in [0.5, 0.6) is 0 Å². The van der Waals surface area contributed by atoms with Gasteiger partial charge in [-0.25, -0.2) is 9.37 Å². The van der Waals surface area contributed by atoms with E-state index in [0.717, 1.165) is 16.6 Å². The summed E-state index contributed by atoms with van der Waals surface area (Å²) in [5, 5.41) is 3.03. The molecule has 1 amide bonds. The van der Waals surface area contributed by atoms with Crippen molar-refractivity contribution >= 4 is 16.9 Å². The van der Waals surface area contributed by atoms with Gasteiger partial charge < -0.3 is 14.6 Å². The Hall–Kier alpha value is -2.73. The first kappa shape index (κ1) is 18.1. The van der Waals surface area contributed by atoms with Gasteiger partial charge in [0.05, 0.1) is 35.9 Å². The monoisotopic (exact) mass is 355 g/mol. The van der Waals surface area contributed by atoms with Gasteiger partial charge in [0.1, 0.15) is 5.82 Å². The fourth-order valence-electron chi connectivity index (χ4n) is 2.88. The van der Waals surface area contributed by atoms with Gasteiger partial charge in [-0.1, -0.05) is 24.3 Å². The lowest BCUT2D eigenvalue weighted by Gasteiger charge is -2.21. The summed E-state index contributed by atoms with van der Waals surface area (Å²) in [7, 11) is 1.58. The molecule has 0 aliphatic heterocycles. The molecule has 5 nitrogen and oxygen atoms in total. The van der Waals surface area contributed by atoms with E-state index >= 15 is 0 Å². The number of amides is 1. The Labute approximate surface area is 151 Å². The number of carbonyl (C=O) groups is 1. The highest BCUT2D eigenvalue weighted by atomic mass is 19.1. The second-order valence-corrected chi connectivity index (χ2v) is 6.31. The lowest BCUT2D eigenvalue weighted by Crippen LogP contribution is -2.33. The number of carbonyl (C=O) groups excluding carboxylic acids is 1. The van der Waals surface area contributed by atoms with Crippen LogP contribution in [0.2, 0.25) is 0 Å². The minimum Gasteiger partial charge on any atom is -0.381 e. The molecule has 0 aliphatic carbocycles. The third-order valence-electron chi connectivity index (χ3n) is 4.39. The molecule has 0 spiro atoms. The average Bonchev–Trinajstić information content (AvgIpc) is 3.05. The predicted molar refractivity (Wildman–Crippen MR) is 98.1 cm³/mol. The van der Waals surface area contributed by atoms with Crippen molar-refractivity contribution in [3.05, 3.63) is 66.2 Å². The van der Waals surface area contributed by atoms with E-state index in [1.54, 1.807) is 25.6 Å². The van der Waals surface area contributed by atoms with E-state index in [1.165, 1.54) is 12.1 Å². The maximum absolute atomic E-state index is 13.3. The summed E-state index contributed by atoms with van der Waals surface area (Å²) >= 11 is 0. The first-order chi connectivity index (χ1) is 12.6. The SMILES string of the molecule is COC(C)CC(=O)NC(Cn1cnc2ccccc21)c1ccc(F)cc1. The van der Waals surface area contributed by atoms with Crippen LogP contribution >= 0.6 is 0 Å². The fourth-order valence-corrected chi connectivity index (χ4v) is 2.88. The minimum absolute atomic E-state index is 0.113. The maximum Gasteiger partial charge on any atom is 0.223 e. The Morgan fingerprint density at radius 2 is 1.96 bits per heavy atom. The Morgan fingerprint density at radius 3 is 2.69 bits per heavy atom. The van der Waals surface area contributed by atoms with Gasteiger partial charge in [-0.15, -0.1) is 0 Å². The van der Waals surface area contributed by atoms with Crippen LogP contribution in [0.3, 0.4) is 0 Å². The lowest BCUT2D eigenvalue weighted by atomic mass is 10.1. The highest BCUT2D eigenvalue weighted by molar-refractivity contribution is 5.77. The molecule has 2 aromatic carbocycles. The van der Waals surface area contributed by atoms with E-state index in [4.69, 9.17) is 4.74 Å². The topological polar surface area (TPSA) is 56.1 Å². The van der Waals surface area contributed by atoms with Crippen molar-refractivity contribution in [3.63, 3.8) is 0 Å². The number of imidazole rings is 1. The molecule has 0 aliphatic rings. The molecule has 0 saturated carbocycles. The molecule has 3 aromatic rings. The number of aromatic nitrogens is 2. The molecule has 1 N–H and O–H groups in total. The van der Waals surface area contributed by atoms with Crippen molar-refractivity contribution in [2.24, 2.45) is 0 Å². The van der Waals surface area contributed by atoms with Gasteiger partial charge in [0.2, 0.25) is 5.91 Å². The summed E-state index contributed by atoms with van der Waals surface area (Å²) in [5.41, 5.74) is 2.71. The third kappa shape index (κ3) is 4.26. The summed E-state index contributed by atoms with van der Waals surface area (Å²) < 4.78 is 20.4. The molecule has 0 saturated heterocycles. The Kier molecular flexibility index (Phi) is 5.63. The van der Waals surface area contributed by atoms with Crippen LogP contribution in [0, 0.1) is 5.82 Å². The van der Waals surface area contributed by atoms with Gasteiger partial charge in [-0.3, -0.25) is 4.79 Å². The molecule has 26 heavy (non-hydrogen) atoms. The van der Waals surface area contributed by atoms with E-state index in [0.29, 0.717) is 6.54 Å². The minimum atomic E-state index is -0.306. The van der Waals surface area contributed by atoms with Crippen molar-refractivity contribution in [2.75, 3.05) is 7.11 Å². The number of nitrogens with zero attached hydrogens (tertiary/aromatic N) is 2. The normalized spacial score (nSPS) is 13.5. The largest absolute Gasteiger partial charge is 0.381 e. The number of nitrogens with one attached hydrogen (secondary N) is 1. The van der Waals surface area contributed by atoms with Crippen molar-refractivity contribution in [1.29, 1.82) is 0 Å². The molecule has 0 fully saturated rings. The van der Waals surface area contributed by atoms with Crippen LogP contribution < -0.4 is 5.32 Å². The molecule has 0 bridgehead atoms. The number of rotatable bonds is 7. The number of para-hydroxylation sites is 2. The van der Waals surface area contributed by atoms with E-state index < -0.39 is 0 Å². The highest BCUT2D eigenvalue weighted by Crippen LogP contribution is 2.20. The molecule has 0 radical (unpaired) electrons. The van der Waals surface area contributed by atoms with Gasteiger partial charge >= 0.3 is 0 Å². The summed E-state index contributed by atoms with van der Waals surface area (Å²) in [5.74, 6) is -0.419. The summed E-state index contributed by atoms with van der Waals surface area (Å²) in [4.78, 5) is 16.8. The smallest absolute Gasteiger partial charge is 0.223 e. The van der Waals surface area contributed by atoms with Gasteiger partial charge in [0.25, 0.3) is 0 Å². The van der Waals surface area contributed by atoms with Crippen molar-refractivity contribution in [2.45, 2.75) is 32.0 Å². The van der Waals surface area contributed by atoms with E-state index in [1.807, 2.05) is 35.8 Å². The van der Waals surface area contributed by atoms with E-state index in [9.17, 15) is 9.18 Å². The number of ether oxygens (including phenoxy) is 1. The van der Waals surface area contributed by atoms with Crippen LogP contribution in [0.1, 0.15) is 24.9 Å². The number of benzene rings is 2. The Bertz CT molecular complexity index is 876. The molecule has 6 heteroatoms. The number of halogens is 1. The number of methoxy groups -OCH3 is 1. The number of fused-ring (bicyclic) bond motifs is 1. The molecule has 136 valence electrons. The molecule has 2 atom stereocenters. The van der Waals surface area contributed by atoms with Crippen molar-refractivity contribution in [3.8, 4) is 0 Å². The summed E-state index contributed by atoms with van der Waals surface area (Å²) in [6, 6.07) is 13.7. The zero-order valence-electron chi connectivity index (χ0n) is 14.9. The van der Waals surface area contributed by atoms with Crippen LogP contribution in [-0.4, -0.2) is 28.7 Å². The Morgan fingerprint density at radius 1 is 1.23 bits per heavy atom. The van der Waals surface area contributed by atoms with E-state index in [2.05, 4.69) is 10.3 Å².